The Morgan fingerprint density at radius 2 is 1.73 bits per heavy atom. The number of aliphatic hydroxyl groups excluding tert-OH is 3. The van der Waals surface area contributed by atoms with Crippen molar-refractivity contribution in [2.45, 2.75) is 88.3 Å². The second kappa shape index (κ2) is 17.1. The highest BCUT2D eigenvalue weighted by Crippen LogP contribution is 2.36. The number of ether oxygens (including phenoxy) is 1. The van der Waals surface area contributed by atoms with Gasteiger partial charge in [-0.3, -0.25) is 14.5 Å². The van der Waals surface area contributed by atoms with Crippen molar-refractivity contribution < 1.29 is 29.6 Å². The molecule has 2 amide bonds. The number of aliphatic hydroxyl groups is 3. The first-order chi connectivity index (χ1) is 21.4. The van der Waals surface area contributed by atoms with Crippen LogP contribution in [-0.4, -0.2) is 94.3 Å². The topological polar surface area (TPSA) is 131 Å². The van der Waals surface area contributed by atoms with E-state index in [-0.39, 0.29) is 11.8 Å². The van der Waals surface area contributed by atoms with Gasteiger partial charge in [0, 0.05) is 19.5 Å². The molecular weight excluding hydrogens is 590 g/mol. The smallest absolute Gasteiger partial charge is 0.245 e. The molecular formula is C35H49N3O6S. The number of rotatable bonds is 15. The maximum absolute atomic E-state index is 12.5. The van der Waals surface area contributed by atoms with E-state index in [9.17, 15) is 24.9 Å². The molecule has 2 aromatic rings. The summed E-state index contributed by atoms with van der Waals surface area (Å²) in [5.74, 6) is 2.19. The molecule has 10 heteroatoms. The minimum absolute atomic E-state index is 0.145. The quantitative estimate of drug-likeness (QED) is 0.149. The number of nitrogens with one attached hydrogen (secondary N) is 2. The fraction of sp³-hybridized carbons (Fsp3) is 0.543. The fourth-order valence-corrected chi connectivity index (χ4v) is 5.99. The molecule has 45 heavy (non-hydrogen) atoms. The van der Waals surface area contributed by atoms with E-state index in [1.54, 1.807) is 20.1 Å². The van der Waals surface area contributed by atoms with Crippen molar-refractivity contribution in [1.29, 1.82) is 0 Å². The van der Waals surface area contributed by atoms with Gasteiger partial charge in [-0.15, -0.1) is 18.2 Å². The Kier molecular flexibility index (Phi) is 13.9. The van der Waals surface area contributed by atoms with Gasteiger partial charge in [-0.05, 0) is 87.6 Å². The SMILES string of the molecule is C#CCN(C)CCNC(=O)C(C)(C)NC(=O)CCCCc1ccc(Cc2cc([C@@H]3O[C@H](SC)[C@@H](O)[C@H](O)[C@H]3O)ccc2C)cc1. The van der Waals surface area contributed by atoms with Crippen molar-refractivity contribution in [2.24, 2.45) is 0 Å². The van der Waals surface area contributed by atoms with E-state index in [1.165, 1.54) is 17.3 Å². The molecule has 5 atom stereocenters. The molecule has 0 saturated carbocycles. The lowest BCUT2D eigenvalue weighted by atomic mass is 9.91. The summed E-state index contributed by atoms with van der Waals surface area (Å²) in [4.78, 5) is 27.0. The summed E-state index contributed by atoms with van der Waals surface area (Å²) >= 11 is 1.30. The zero-order valence-corrected chi connectivity index (χ0v) is 27.9. The number of hydrogen-bond donors (Lipinski definition) is 5. The van der Waals surface area contributed by atoms with Gasteiger partial charge < -0.3 is 30.7 Å². The van der Waals surface area contributed by atoms with Crippen LogP contribution in [0.3, 0.4) is 0 Å². The van der Waals surface area contributed by atoms with E-state index in [1.807, 2.05) is 37.1 Å². The van der Waals surface area contributed by atoms with Crippen LogP contribution in [0.2, 0.25) is 0 Å². The third kappa shape index (κ3) is 10.6. The lowest BCUT2D eigenvalue weighted by Crippen LogP contribution is -2.55. The van der Waals surface area contributed by atoms with Crippen LogP contribution in [-0.2, 0) is 27.2 Å². The highest BCUT2D eigenvalue weighted by Gasteiger charge is 2.44. The molecule has 1 heterocycles. The van der Waals surface area contributed by atoms with Gasteiger partial charge in [-0.1, -0.05) is 48.4 Å². The average Bonchev–Trinajstić information content (AvgIpc) is 3.00. The average molecular weight is 640 g/mol. The zero-order chi connectivity index (χ0) is 33.1. The number of carbonyl (C=O) groups is 2. The fourth-order valence-electron chi connectivity index (χ4n) is 5.32. The Balaban J connectivity index is 1.46. The van der Waals surface area contributed by atoms with Gasteiger partial charge in [0.25, 0.3) is 0 Å². The van der Waals surface area contributed by atoms with Gasteiger partial charge in [-0.25, -0.2) is 0 Å². The molecule has 0 aliphatic carbocycles. The van der Waals surface area contributed by atoms with E-state index < -0.39 is 35.4 Å². The number of likely N-dealkylation sites (N-methyl/N-ethyl adjacent to an activating group) is 1. The van der Waals surface area contributed by atoms with Gasteiger partial charge >= 0.3 is 0 Å². The first-order valence-electron chi connectivity index (χ1n) is 15.5. The predicted molar refractivity (Wildman–Crippen MR) is 179 cm³/mol. The third-order valence-corrected chi connectivity index (χ3v) is 9.05. The Hall–Kier alpha value is -2.91. The molecule has 5 N–H and O–H groups in total. The van der Waals surface area contributed by atoms with Gasteiger partial charge in [0.2, 0.25) is 11.8 Å². The molecule has 3 rings (SSSR count). The number of thioether (sulfide) groups is 1. The molecule has 0 bridgehead atoms. The van der Waals surface area contributed by atoms with E-state index in [2.05, 4.69) is 40.8 Å². The Bertz CT molecular complexity index is 1310. The van der Waals surface area contributed by atoms with Gasteiger partial charge in [0.05, 0.1) is 6.54 Å². The van der Waals surface area contributed by atoms with Crippen molar-refractivity contribution in [3.05, 3.63) is 70.3 Å². The second-order valence-electron chi connectivity index (χ2n) is 12.4. The summed E-state index contributed by atoms with van der Waals surface area (Å²) in [6.45, 7) is 7.04. The van der Waals surface area contributed by atoms with Crippen LogP contribution in [0.15, 0.2) is 42.5 Å². The third-order valence-electron chi connectivity index (χ3n) is 8.20. The maximum Gasteiger partial charge on any atom is 0.245 e. The standard InChI is InChI=1S/C35H49N3O6S/c1-7-19-38(5)20-18-36-34(43)35(3,4)37-28(39)11-9-8-10-24-13-15-25(16-14-24)21-27-22-26(17-12-23(27)2)32-30(41)29(40)31(42)33(44-32)45-6/h1,12-17,22,29-33,40-42H,8-11,18-21H2,2-6H3,(H,36,43)(H,37,39)/t29-,30-,31+,32+,33-/m1/s1. The van der Waals surface area contributed by atoms with Crippen molar-refractivity contribution in [3.63, 3.8) is 0 Å². The summed E-state index contributed by atoms with van der Waals surface area (Å²) in [6.07, 6.45) is 6.16. The zero-order valence-electron chi connectivity index (χ0n) is 27.1. The van der Waals surface area contributed by atoms with Gasteiger partial charge in [0.1, 0.15) is 35.4 Å². The normalized spacial score (nSPS) is 21.7. The lowest BCUT2D eigenvalue weighted by Gasteiger charge is -2.40. The predicted octanol–water partition coefficient (Wildman–Crippen LogP) is 2.72. The maximum atomic E-state index is 12.5. The minimum atomic E-state index is -1.28. The van der Waals surface area contributed by atoms with E-state index in [0.29, 0.717) is 38.9 Å². The minimum Gasteiger partial charge on any atom is -0.387 e. The molecule has 246 valence electrons. The van der Waals surface area contributed by atoms with Crippen LogP contribution in [0.25, 0.3) is 0 Å². The van der Waals surface area contributed by atoms with Gasteiger partial charge in [0.15, 0.2) is 0 Å². The molecule has 1 aliphatic rings. The summed E-state index contributed by atoms with van der Waals surface area (Å²) in [6, 6.07) is 14.3. The number of amides is 2. The Morgan fingerprint density at radius 3 is 2.40 bits per heavy atom. The Labute approximate surface area is 272 Å². The number of hydrogen-bond acceptors (Lipinski definition) is 8. The molecule has 1 fully saturated rings. The highest BCUT2D eigenvalue weighted by molar-refractivity contribution is 7.99. The first kappa shape index (κ1) is 36.6. The van der Waals surface area contributed by atoms with Crippen LogP contribution in [0.5, 0.6) is 0 Å². The number of aryl methyl sites for hydroxylation is 2. The Morgan fingerprint density at radius 1 is 1.04 bits per heavy atom. The summed E-state index contributed by atoms with van der Waals surface area (Å²) in [7, 11) is 1.89. The van der Waals surface area contributed by atoms with Crippen molar-refractivity contribution in [1.82, 2.24) is 15.5 Å². The van der Waals surface area contributed by atoms with Crippen LogP contribution in [0.1, 0.15) is 67.0 Å². The summed E-state index contributed by atoms with van der Waals surface area (Å²) < 4.78 is 5.95. The number of benzene rings is 2. The van der Waals surface area contributed by atoms with Crippen LogP contribution >= 0.6 is 11.8 Å². The van der Waals surface area contributed by atoms with Crippen molar-refractivity contribution in [3.8, 4) is 12.3 Å². The van der Waals surface area contributed by atoms with E-state index in [4.69, 9.17) is 11.2 Å². The largest absolute Gasteiger partial charge is 0.387 e. The molecule has 1 aliphatic heterocycles. The molecule has 0 unspecified atom stereocenters. The van der Waals surface area contributed by atoms with E-state index >= 15 is 0 Å². The number of carbonyl (C=O) groups excluding carboxylic acids is 2. The number of unbranched alkanes of at least 4 members (excludes halogenated alkanes) is 1. The number of nitrogens with zero attached hydrogens (tertiary/aromatic N) is 1. The molecule has 0 radical (unpaired) electrons. The van der Waals surface area contributed by atoms with Crippen LogP contribution < -0.4 is 10.6 Å². The van der Waals surface area contributed by atoms with Crippen molar-refractivity contribution >= 4 is 23.6 Å². The van der Waals surface area contributed by atoms with E-state index in [0.717, 1.165) is 35.1 Å². The number of terminal acetylenes is 1. The lowest BCUT2D eigenvalue weighted by molar-refractivity contribution is -0.200. The first-order valence-corrected chi connectivity index (χ1v) is 16.8. The van der Waals surface area contributed by atoms with Crippen LogP contribution in [0.4, 0.5) is 0 Å². The second-order valence-corrected chi connectivity index (χ2v) is 13.3. The molecule has 0 spiro atoms. The van der Waals surface area contributed by atoms with Gasteiger partial charge in [-0.2, -0.15) is 0 Å². The molecule has 1 saturated heterocycles. The molecule has 0 aromatic heterocycles. The van der Waals surface area contributed by atoms with Crippen LogP contribution in [0, 0.1) is 19.3 Å². The monoisotopic (exact) mass is 639 g/mol. The van der Waals surface area contributed by atoms with Crippen molar-refractivity contribution in [2.75, 3.05) is 32.9 Å². The molecule has 2 aromatic carbocycles. The highest BCUT2D eigenvalue weighted by atomic mass is 32.2. The summed E-state index contributed by atoms with van der Waals surface area (Å²) in [5, 5.41) is 36.9. The molecule has 9 nitrogen and oxygen atoms in total. The summed E-state index contributed by atoms with van der Waals surface area (Å²) in [5.41, 5.74) is 3.68.